The quantitative estimate of drug-likeness (QED) is 0.174. The lowest BCUT2D eigenvalue weighted by Crippen LogP contribution is -2.20. The number of rotatable bonds is 11. The van der Waals surface area contributed by atoms with E-state index in [9.17, 15) is 4.79 Å². The molecule has 1 N–H and O–H groups in total. The van der Waals surface area contributed by atoms with Gasteiger partial charge in [0.1, 0.15) is 23.0 Å². The maximum atomic E-state index is 12.6. The zero-order valence-corrected chi connectivity index (χ0v) is 22.2. The van der Waals surface area contributed by atoms with E-state index in [4.69, 9.17) is 18.9 Å². The number of aromatic nitrogens is 3. The molecule has 0 fully saturated rings. The molecule has 38 heavy (non-hydrogen) atoms. The molecule has 3 aromatic carbocycles. The molecule has 0 radical (unpaired) electrons. The molecule has 1 heterocycles. The van der Waals surface area contributed by atoms with Crippen molar-refractivity contribution in [3.8, 4) is 40.1 Å². The van der Waals surface area contributed by atoms with E-state index in [0.29, 0.717) is 28.0 Å². The van der Waals surface area contributed by atoms with Crippen LogP contribution < -0.4 is 24.4 Å². The standard InChI is InChI=1S/C27H27N5O5S/c1-34-21-10-5-18(6-11-21)26-30-31-27(32(26)20-8-13-22(35-2)14-9-20)38-17-25(33)29-28-16-19-7-12-23(36-3)15-24(19)37-4/h5-16H,17H2,1-4H3,(H,29,33)/b28-16+. The van der Waals surface area contributed by atoms with Gasteiger partial charge in [-0.05, 0) is 60.7 Å². The molecular weight excluding hydrogens is 506 g/mol. The number of thioether (sulfide) groups is 1. The second kappa shape index (κ2) is 12.6. The summed E-state index contributed by atoms with van der Waals surface area (Å²) in [6, 6.07) is 20.4. The summed E-state index contributed by atoms with van der Waals surface area (Å²) in [5.41, 5.74) is 4.92. The minimum absolute atomic E-state index is 0.0774. The predicted octanol–water partition coefficient (Wildman–Crippen LogP) is 4.21. The van der Waals surface area contributed by atoms with E-state index in [2.05, 4.69) is 20.7 Å². The Morgan fingerprint density at radius 3 is 2.13 bits per heavy atom. The van der Waals surface area contributed by atoms with Crippen LogP contribution in [0.2, 0.25) is 0 Å². The van der Waals surface area contributed by atoms with Gasteiger partial charge in [-0.2, -0.15) is 5.10 Å². The molecule has 4 aromatic rings. The summed E-state index contributed by atoms with van der Waals surface area (Å²) in [6.07, 6.45) is 1.52. The first-order valence-electron chi connectivity index (χ1n) is 11.5. The molecule has 1 amide bonds. The second-order valence-corrected chi connectivity index (χ2v) is 8.70. The van der Waals surface area contributed by atoms with Gasteiger partial charge in [0.2, 0.25) is 0 Å². The van der Waals surface area contributed by atoms with Crippen molar-refractivity contribution >= 4 is 23.9 Å². The van der Waals surface area contributed by atoms with Gasteiger partial charge in [-0.15, -0.1) is 10.2 Å². The number of ether oxygens (including phenoxy) is 4. The van der Waals surface area contributed by atoms with Gasteiger partial charge in [0.15, 0.2) is 11.0 Å². The number of methoxy groups -OCH3 is 4. The van der Waals surface area contributed by atoms with Gasteiger partial charge in [-0.1, -0.05) is 11.8 Å². The molecule has 0 atom stereocenters. The van der Waals surface area contributed by atoms with Crippen molar-refractivity contribution in [3.05, 3.63) is 72.3 Å². The highest BCUT2D eigenvalue weighted by molar-refractivity contribution is 7.99. The van der Waals surface area contributed by atoms with E-state index in [-0.39, 0.29) is 11.7 Å². The van der Waals surface area contributed by atoms with E-state index in [1.54, 1.807) is 46.6 Å². The smallest absolute Gasteiger partial charge is 0.250 e. The molecule has 0 unspecified atom stereocenters. The van der Waals surface area contributed by atoms with Crippen LogP contribution in [0.15, 0.2) is 77.0 Å². The first-order valence-corrected chi connectivity index (χ1v) is 12.5. The largest absolute Gasteiger partial charge is 0.497 e. The lowest BCUT2D eigenvalue weighted by molar-refractivity contribution is -0.118. The minimum Gasteiger partial charge on any atom is -0.497 e. The van der Waals surface area contributed by atoms with Gasteiger partial charge >= 0.3 is 0 Å². The average Bonchev–Trinajstić information content (AvgIpc) is 3.40. The van der Waals surface area contributed by atoms with Crippen LogP contribution in [0.4, 0.5) is 0 Å². The Morgan fingerprint density at radius 2 is 1.50 bits per heavy atom. The summed E-state index contributed by atoms with van der Waals surface area (Å²) in [4.78, 5) is 12.6. The molecule has 196 valence electrons. The topological polar surface area (TPSA) is 109 Å². The fraction of sp³-hybridized carbons (Fsp3) is 0.185. The molecule has 1 aromatic heterocycles. The number of hydrazone groups is 1. The van der Waals surface area contributed by atoms with Crippen molar-refractivity contribution in [1.82, 2.24) is 20.2 Å². The van der Waals surface area contributed by atoms with Crippen LogP contribution in [-0.2, 0) is 4.79 Å². The summed E-state index contributed by atoms with van der Waals surface area (Å²) in [7, 11) is 6.37. The number of amides is 1. The third-order valence-electron chi connectivity index (χ3n) is 5.48. The lowest BCUT2D eigenvalue weighted by atomic mass is 10.2. The molecule has 11 heteroatoms. The van der Waals surface area contributed by atoms with Crippen LogP contribution in [0, 0.1) is 0 Å². The molecule has 0 spiro atoms. The molecule has 0 saturated heterocycles. The fourth-order valence-electron chi connectivity index (χ4n) is 3.52. The Balaban J connectivity index is 1.51. The Morgan fingerprint density at radius 1 is 0.868 bits per heavy atom. The fourth-order valence-corrected chi connectivity index (χ4v) is 4.26. The molecule has 0 aliphatic rings. The van der Waals surface area contributed by atoms with Gasteiger partial charge in [0.05, 0.1) is 40.4 Å². The van der Waals surface area contributed by atoms with Gasteiger partial charge < -0.3 is 18.9 Å². The lowest BCUT2D eigenvalue weighted by Gasteiger charge is -2.11. The summed E-state index contributed by atoms with van der Waals surface area (Å²) >= 11 is 1.25. The van der Waals surface area contributed by atoms with E-state index in [1.165, 1.54) is 18.0 Å². The number of hydrogen-bond donors (Lipinski definition) is 1. The molecule has 10 nitrogen and oxygen atoms in total. The van der Waals surface area contributed by atoms with Gasteiger partial charge in [-0.25, -0.2) is 5.43 Å². The van der Waals surface area contributed by atoms with Crippen LogP contribution in [0.3, 0.4) is 0 Å². The summed E-state index contributed by atoms with van der Waals surface area (Å²) in [6.45, 7) is 0. The van der Waals surface area contributed by atoms with Crippen LogP contribution in [0.5, 0.6) is 23.0 Å². The predicted molar refractivity (Wildman–Crippen MR) is 146 cm³/mol. The third-order valence-corrected chi connectivity index (χ3v) is 6.41. The van der Waals surface area contributed by atoms with Gasteiger partial charge in [0.25, 0.3) is 5.91 Å². The van der Waals surface area contributed by atoms with Crippen LogP contribution >= 0.6 is 11.8 Å². The zero-order chi connectivity index (χ0) is 26.9. The van der Waals surface area contributed by atoms with Crippen molar-refractivity contribution < 1.29 is 23.7 Å². The highest BCUT2D eigenvalue weighted by atomic mass is 32.2. The minimum atomic E-state index is -0.297. The average molecular weight is 534 g/mol. The molecule has 0 aliphatic carbocycles. The molecule has 0 aliphatic heterocycles. The van der Waals surface area contributed by atoms with Crippen LogP contribution in [0.25, 0.3) is 17.1 Å². The number of hydrogen-bond acceptors (Lipinski definition) is 9. The van der Waals surface area contributed by atoms with E-state index in [1.807, 2.05) is 53.1 Å². The van der Waals surface area contributed by atoms with E-state index < -0.39 is 0 Å². The molecule has 0 bridgehead atoms. The second-order valence-electron chi connectivity index (χ2n) is 7.76. The number of nitrogens with zero attached hydrogens (tertiary/aromatic N) is 4. The first-order chi connectivity index (χ1) is 18.6. The number of carbonyl (C=O) groups excluding carboxylic acids is 1. The van der Waals surface area contributed by atoms with E-state index in [0.717, 1.165) is 22.7 Å². The van der Waals surface area contributed by atoms with Crippen molar-refractivity contribution in [2.24, 2.45) is 5.10 Å². The maximum Gasteiger partial charge on any atom is 0.250 e. The van der Waals surface area contributed by atoms with Crippen molar-refractivity contribution in [1.29, 1.82) is 0 Å². The van der Waals surface area contributed by atoms with Crippen LogP contribution in [-0.4, -0.2) is 61.1 Å². The summed E-state index contributed by atoms with van der Waals surface area (Å²) in [5.74, 6) is 3.12. The van der Waals surface area contributed by atoms with Gasteiger partial charge in [0, 0.05) is 22.9 Å². The van der Waals surface area contributed by atoms with E-state index >= 15 is 0 Å². The maximum absolute atomic E-state index is 12.6. The van der Waals surface area contributed by atoms with Crippen LogP contribution in [0.1, 0.15) is 5.56 Å². The van der Waals surface area contributed by atoms with Crippen molar-refractivity contribution in [2.75, 3.05) is 34.2 Å². The highest BCUT2D eigenvalue weighted by Crippen LogP contribution is 2.30. The molecule has 4 rings (SSSR count). The Kier molecular flexibility index (Phi) is 8.83. The van der Waals surface area contributed by atoms with Gasteiger partial charge in [-0.3, -0.25) is 9.36 Å². The number of nitrogens with one attached hydrogen (secondary N) is 1. The molecule has 0 saturated carbocycles. The summed E-state index contributed by atoms with van der Waals surface area (Å²) < 4.78 is 23.0. The Bertz CT molecular complexity index is 1400. The van der Waals surface area contributed by atoms with Crippen molar-refractivity contribution in [3.63, 3.8) is 0 Å². The number of benzene rings is 3. The zero-order valence-electron chi connectivity index (χ0n) is 21.4. The third kappa shape index (κ3) is 6.24. The van der Waals surface area contributed by atoms with Crippen molar-refractivity contribution in [2.45, 2.75) is 5.16 Å². The highest BCUT2D eigenvalue weighted by Gasteiger charge is 2.17. The monoisotopic (exact) mass is 533 g/mol. The molecular formula is C27H27N5O5S. The first kappa shape index (κ1) is 26.6. The summed E-state index contributed by atoms with van der Waals surface area (Å²) in [5, 5.41) is 13.4. The number of carbonyl (C=O) groups is 1. The Labute approximate surface area is 224 Å². The Hall–Kier alpha value is -4.51. The normalized spacial score (nSPS) is 10.8. The SMILES string of the molecule is COc1ccc(-c2nnc(SCC(=O)N/N=C/c3ccc(OC)cc3OC)n2-c2ccc(OC)cc2)cc1.